The summed E-state index contributed by atoms with van der Waals surface area (Å²) >= 11 is 0. The lowest BCUT2D eigenvalue weighted by molar-refractivity contribution is 0.601. The predicted octanol–water partition coefficient (Wildman–Crippen LogP) is 3.15. The highest BCUT2D eigenvalue weighted by Gasteiger charge is 2.19. The van der Waals surface area contributed by atoms with Crippen LogP contribution in [0, 0.1) is 18.3 Å². The number of nitrogens with zero attached hydrogens (tertiary/aromatic N) is 1. The van der Waals surface area contributed by atoms with Gasteiger partial charge in [-0.25, -0.2) is 8.42 Å². The molecule has 0 aliphatic rings. The summed E-state index contributed by atoms with van der Waals surface area (Å²) in [5, 5.41) is 9.87. The van der Waals surface area contributed by atoms with Crippen molar-refractivity contribution in [1.82, 2.24) is 4.98 Å². The van der Waals surface area contributed by atoms with E-state index in [1.54, 1.807) is 42.5 Å². The Morgan fingerprint density at radius 1 is 1.09 bits per heavy atom. The number of H-pyrrole nitrogens is 1. The molecule has 2 N–H and O–H groups in total. The standard InChI is InChI=1S/C16H13N3O2S/c1-11-6-8-12(9-7-11)22(20,21)19-16-13-4-2-3-5-14(13)18-15(16)10-17/h2-9,18-19H,1H3. The van der Waals surface area contributed by atoms with Crippen molar-refractivity contribution >= 4 is 26.6 Å². The Morgan fingerprint density at radius 3 is 2.45 bits per heavy atom. The highest BCUT2D eigenvalue weighted by Crippen LogP contribution is 2.29. The number of sulfonamides is 1. The monoisotopic (exact) mass is 311 g/mol. The van der Waals surface area contributed by atoms with Gasteiger partial charge < -0.3 is 4.98 Å². The van der Waals surface area contributed by atoms with Crippen molar-refractivity contribution in [2.24, 2.45) is 0 Å². The largest absolute Gasteiger partial charge is 0.345 e. The van der Waals surface area contributed by atoms with Crippen LogP contribution in [0.3, 0.4) is 0 Å². The van der Waals surface area contributed by atoms with Gasteiger partial charge in [-0.1, -0.05) is 35.9 Å². The zero-order valence-corrected chi connectivity index (χ0v) is 12.6. The Bertz CT molecular complexity index is 980. The van der Waals surface area contributed by atoms with Gasteiger partial charge in [0.05, 0.1) is 10.6 Å². The first kappa shape index (κ1) is 14.2. The van der Waals surface area contributed by atoms with Gasteiger partial charge in [0.15, 0.2) is 0 Å². The third-order valence-electron chi connectivity index (χ3n) is 3.39. The van der Waals surface area contributed by atoms with Gasteiger partial charge in [0.1, 0.15) is 11.8 Å². The molecule has 0 atom stereocenters. The molecule has 22 heavy (non-hydrogen) atoms. The van der Waals surface area contributed by atoms with Crippen LogP contribution in [0.2, 0.25) is 0 Å². The normalized spacial score (nSPS) is 11.3. The van der Waals surface area contributed by atoms with Gasteiger partial charge in [0.2, 0.25) is 0 Å². The second kappa shape index (κ2) is 5.20. The lowest BCUT2D eigenvalue weighted by atomic mass is 10.2. The highest BCUT2D eigenvalue weighted by molar-refractivity contribution is 7.92. The smallest absolute Gasteiger partial charge is 0.262 e. The minimum Gasteiger partial charge on any atom is -0.345 e. The van der Waals surface area contributed by atoms with Crippen LogP contribution in [0.15, 0.2) is 53.4 Å². The van der Waals surface area contributed by atoms with E-state index in [1.807, 2.05) is 19.1 Å². The Morgan fingerprint density at radius 2 is 1.77 bits per heavy atom. The number of aromatic nitrogens is 1. The fourth-order valence-electron chi connectivity index (χ4n) is 2.24. The van der Waals surface area contributed by atoms with E-state index in [1.165, 1.54) is 0 Å². The number of para-hydroxylation sites is 1. The number of aromatic amines is 1. The number of aryl methyl sites for hydroxylation is 1. The van der Waals surface area contributed by atoms with Crippen molar-refractivity contribution in [2.75, 3.05) is 4.72 Å². The maximum atomic E-state index is 12.5. The Hall–Kier alpha value is -2.78. The fraction of sp³-hybridized carbons (Fsp3) is 0.0625. The van der Waals surface area contributed by atoms with Crippen LogP contribution in [0.25, 0.3) is 10.9 Å². The number of hydrogen-bond donors (Lipinski definition) is 2. The molecule has 0 amide bonds. The Balaban J connectivity index is 2.09. The molecule has 0 fully saturated rings. The molecule has 5 nitrogen and oxygen atoms in total. The van der Waals surface area contributed by atoms with Crippen LogP contribution >= 0.6 is 0 Å². The lowest BCUT2D eigenvalue weighted by Crippen LogP contribution is -2.13. The highest BCUT2D eigenvalue weighted by atomic mass is 32.2. The Kier molecular flexibility index (Phi) is 3.35. The molecule has 2 aromatic carbocycles. The molecule has 0 aliphatic heterocycles. The number of anilines is 1. The molecule has 1 heterocycles. The number of nitriles is 1. The minimum atomic E-state index is -3.75. The number of hydrogen-bond acceptors (Lipinski definition) is 3. The molecule has 1 aromatic heterocycles. The molecule has 0 aliphatic carbocycles. The molecule has 110 valence electrons. The molecule has 6 heteroatoms. The molecule has 0 saturated carbocycles. The van der Waals surface area contributed by atoms with Crippen molar-refractivity contribution < 1.29 is 8.42 Å². The first-order valence-electron chi connectivity index (χ1n) is 6.61. The summed E-state index contributed by atoms with van der Waals surface area (Å²) in [6.07, 6.45) is 0. The summed E-state index contributed by atoms with van der Waals surface area (Å²) in [5.41, 5.74) is 2.15. The van der Waals surface area contributed by atoms with E-state index in [2.05, 4.69) is 9.71 Å². The van der Waals surface area contributed by atoms with E-state index in [4.69, 9.17) is 0 Å². The van der Waals surface area contributed by atoms with Gasteiger partial charge in [-0.05, 0) is 25.1 Å². The van der Waals surface area contributed by atoms with Crippen molar-refractivity contribution in [3.05, 3.63) is 59.8 Å². The average molecular weight is 311 g/mol. The summed E-state index contributed by atoms with van der Waals surface area (Å²) in [6.45, 7) is 1.89. The molecule has 0 unspecified atom stereocenters. The van der Waals surface area contributed by atoms with E-state index < -0.39 is 10.0 Å². The van der Waals surface area contributed by atoms with Crippen molar-refractivity contribution in [2.45, 2.75) is 11.8 Å². The summed E-state index contributed by atoms with van der Waals surface area (Å²) in [6, 6.07) is 15.7. The predicted molar refractivity (Wildman–Crippen MR) is 85.0 cm³/mol. The number of rotatable bonds is 3. The van der Waals surface area contributed by atoms with Crippen LogP contribution in [0.5, 0.6) is 0 Å². The fourth-order valence-corrected chi connectivity index (χ4v) is 3.34. The van der Waals surface area contributed by atoms with E-state index in [9.17, 15) is 13.7 Å². The summed E-state index contributed by atoms with van der Waals surface area (Å²) in [7, 11) is -3.75. The average Bonchev–Trinajstić information content (AvgIpc) is 2.85. The topological polar surface area (TPSA) is 85.8 Å². The molecule has 0 saturated heterocycles. The van der Waals surface area contributed by atoms with Crippen LogP contribution in [-0.4, -0.2) is 13.4 Å². The molecular weight excluding hydrogens is 298 g/mol. The van der Waals surface area contributed by atoms with Gasteiger partial charge in [-0.15, -0.1) is 0 Å². The number of benzene rings is 2. The zero-order chi connectivity index (χ0) is 15.7. The molecule has 3 rings (SSSR count). The number of nitrogens with one attached hydrogen (secondary N) is 2. The minimum absolute atomic E-state index is 0.160. The molecule has 3 aromatic rings. The summed E-state index contributed by atoms with van der Waals surface area (Å²) < 4.78 is 27.5. The maximum Gasteiger partial charge on any atom is 0.262 e. The SMILES string of the molecule is Cc1ccc(S(=O)(=O)Nc2c(C#N)[nH]c3ccccc23)cc1. The van der Waals surface area contributed by atoms with E-state index in [-0.39, 0.29) is 16.3 Å². The van der Waals surface area contributed by atoms with Gasteiger partial charge in [0, 0.05) is 10.9 Å². The zero-order valence-electron chi connectivity index (χ0n) is 11.8. The molecule has 0 spiro atoms. The second-order valence-corrected chi connectivity index (χ2v) is 6.63. The molecule has 0 radical (unpaired) electrons. The lowest BCUT2D eigenvalue weighted by Gasteiger charge is -2.08. The maximum absolute atomic E-state index is 12.5. The van der Waals surface area contributed by atoms with Crippen LogP contribution in [0.4, 0.5) is 5.69 Å². The Labute approximate surface area is 128 Å². The van der Waals surface area contributed by atoms with Crippen LogP contribution < -0.4 is 4.72 Å². The van der Waals surface area contributed by atoms with E-state index in [0.29, 0.717) is 10.9 Å². The van der Waals surface area contributed by atoms with Crippen molar-refractivity contribution in [1.29, 1.82) is 5.26 Å². The second-order valence-electron chi connectivity index (χ2n) is 4.95. The van der Waals surface area contributed by atoms with Crippen LogP contribution in [-0.2, 0) is 10.0 Å². The van der Waals surface area contributed by atoms with Crippen LogP contribution in [0.1, 0.15) is 11.3 Å². The summed E-state index contributed by atoms with van der Waals surface area (Å²) in [5.74, 6) is 0. The quantitative estimate of drug-likeness (QED) is 0.779. The third-order valence-corrected chi connectivity index (χ3v) is 4.75. The van der Waals surface area contributed by atoms with E-state index >= 15 is 0 Å². The number of fused-ring (bicyclic) bond motifs is 1. The van der Waals surface area contributed by atoms with Gasteiger partial charge >= 0.3 is 0 Å². The van der Waals surface area contributed by atoms with Gasteiger partial charge in [-0.3, -0.25) is 4.72 Å². The summed E-state index contributed by atoms with van der Waals surface area (Å²) in [4.78, 5) is 3.07. The van der Waals surface area contributed by atoms with Gasteiger partial charge in [0.25, 0.3) is 10.0 Å². The van der Waals surface area contributed by atoms with Crippen molar-refractivity contribution in [3.8, 4) is 6.07 Å². The third kappa shape index (κ3) is 2.43. The molecular formula is C16H13N3O2S. The molecule has 0 bridgehead atoms. The van der Waals surface area contributed by atoms with Gasteiger partial charge in [-0.2, -0.15) is 5.26 Å². The van der Waals surface area contributed by atoms with Crippen molar-refractivity contribution in [3.63, 3.8) is 0 Å². The van der Waals surface area contributed by atoms with E-state index in [0.717, 1.165) is 5.56 Å². The first-order chi connectivity index (χ1) is 10.5. The first-order valence-corrected chi connectivity index (χ1v) is 8.10.